The Bertz CT molecular complexity index is 630. The van der Waals surface area contributed by atoms with Crippen LogP contribution in [0.2, 0.25) is 0 Å². The van der Waals surface area contributed by atoms with Crippen molar-refractivity contribution in [1.29, 1.82) is 0 Å². The molecule has 0 saturated carbocycles. The number of carbonyl (C=O) groups is 2. The van der Waals surface area contributed by atoms with Crippen LogP contribution >= 0.6 is 0 Å². The number of nitrogens with one attached hydrogen (secondary N) is 1. The fraction of sp³-hybridized carbons (Fsp3) is 0.143. The lowest BCUT2D eigenvalue weighted by molar-refractivity contribution is -0.123. The van der Waals surface area contributed by atoms with Crippen molar-refractivity contribution < 1.29 is 14.3 Å². The van der Waals surface area contributed by atoms with Crippen molar-refractivity contribution in [2.75, 3.05) is 0 Å². The predicted molar refractivity (Wildman–Crippen MR) is 66.1 cm³/mol. The Morgan fingerprint density at radius 2 is 1.83 bits per heavy atom. The summed E-state index contributed by atoms with van der Waals surface area (Å²) in [6.07, 6.45) is -0.979. The SMILES string of the molecule is O=C1NC(=O)C(Cc2cccc3ccccc23)O1. The van der Waals surface area contributed by atoms with Crippen molar-refractivity contribution in [3.8, 4) is 0 Å². The summed E-state index contributed by atoms with van der Waals surface area (Å²) in [5.74, 6) is -0.368. The predicted octanol–water partition coefficient (Wildman–Crippen LogP) is 2.02. The van der Waals surface area contributed by atoms with Gasteiger partial charge in [0.1, 0.15) is 0 Å². The number of carbonyl (C=O) groups excluding carboxylic acids is 2. The number of ether oxygens (including phenoxy) is 1. The zero-order chi connectivity index (χ0) is 12.5. The molecule has 4 nitrogen and oxygen atoms in total. The molecule has 1 fully saturated rings. The highest BCUT2D eigenvalue weighted by atomic mass is 16.6. The maximum absolute atomic E-state index is 11.5. The van der Waals surface area contributed by atoms with Gasteiger partial charge in [-0.05, 0) is 16.3 Å². The molecule has 1 N–H and O–H groups in total. The lowest BCUT2D eigenvalue weighted by atomic mass is 10.00. The van der Waals surface area contributed by atoms with Crippen molar-refractivity contribution in [2.45, 2.75) is 12.5 Å². The van der Waals surface area contributed by atoms with E-state index in [9.17, 15) is 9.59 Å². The molecule has 1 atom stereocenters. The summed E-state index contributed by atoms with van der Waals surface area (Å²) < 4.78 is 4.93. The van der Waals surface area contributed by atoms with E-state index >= 15 is 0 Å². The zero-order valence-electron chi connectivity index (χ0n) is 9.55. The topological polar surface area (TPSA) is 55.4 Å². The second-order valence-electron chi connectivity index (χ2n) is 4.23. The molecule has 0 spiro atoms. The third-order valence-electron chi connectivity index (χ3n) is 3.05. The van der Waals surface area contributed by atoms with E-state index < -0.39 is 12.2 Å². The molecule has 1 unspecified atom stereocenters. The number of benzene rings is 2. The molecule has 3 rings (SSSR count). The molecule has 1 aliphatic rings. The number of hydrogen-bond acceptors (Lipinski definition) is 3. The summed E-state index contributed by atoms with van der Waals surface area (Å²) in [6, 6.07) is 13.8. The lowest BCUT2D eigenvalue weighted by Gasteiger charge is -2.09. The minimum absolute atomic E-state index is 0.368. The zero-order valence-corrected chi connectivity index (χ0v) is 9.55. The van der Waals surface area contributed by atoms with E-state index in [4.69, 9.17) is 4.74 Å². The highest BCUT2D eigenvalue weighted by Crippen LogP contribution is 2.21. The van der Waals surface area contributed by atoms with Crippen LogP contribution in [0.15, 0.2) is 42.5 Å². The van der Waals surface area contributed by atoms with E-state index in [1.165, 1.54) is 0 Å². The quantitative estimate of drug-likeness (QED) is 0.875. The maximum atomic E-state index is 11.5. The van der Waals surface area contributed by atoms with Crippen LogP contribution in [0.25, 0.3) is 10.8 Å². The third kappa shape index (κ3) is 1.82. The summed E-state index contributed by atoms with van der Waals surface area (Å²) in [5.41, 5.74) is 1.00. The molecule has 0 aliphatic carbocycles. The Labute approximate surface area is 104 Å². The summed E-state index contributed by atoms with van der Waals surface area (Å²) in [6.45, 7) is 0. The fourth-order valence-corrected chi connectivity index (χ4v) is 2.20. The van der Waals surface area contributed by atoms with Gasteiger partial charge in [-0.3, -0.25) is 10.1 Å². The second kappa shape index (κ2) is 4.14. The molecular formula is C14H11NO3. The number of imide groups is 1. The van der Waals surface area contributed by atoms with Gasteiger partial charge in [0.2, 0.25) is 0 Å². The van der Waals surface area contributed by atoms with E-state index in [0.717, 1.165) is 16.3 Å². The Morgan fingerprint density at radius 1 is 1.06 bits per heavy atom. The van der Waals surface area contributed by atoms with Crippen molar-refractivity contribution in [3.05, 3.63) is 48.0 Å². The number of fused-ring (bicyclic) bond motifs is 1. The molecule has 1 saturated heterocycles. The van der Waals surface area contributed by atoms with E-state index in [0.29, 0.717) is 6.42 Å². The van der Waals surface area contributed by atoms with E-state index in [1.807, 2.05) is 42.5 Å². The molecule has 0 aromatic heterocycles. The van der Waals surface area contributed by atoms with Gasteiger partial charge >= 0.3 is 6.09 Å². The van der Waals surface area contributed by atoms with Crippen LogP contribution in [0, 0.1) is 0 Å². The van der Waals surface area contributed by atoms with Gasteiger partial charge in [0.15, 0.2) is 6.10 Å². The first kappa shape index (κ1) is 10.8. The van der Waals surface area contributed by atoms with Crippen LogP contribution in [-0.4, -0.2) is 18.1 Å². The highest BCUT2D eigenvalue weighted by molar-refractivity contribution is 6.00. The van der Waals surface area contributed by atoms with E-state index in [1.54, 1.807) is 0 Å². The van der Waals surface area contributed by atoms with Crippen molar-refractivity contribution >= 4 is 22.8 Å². The second-order valence-corrected chi connectivity index (χ2v) is 4.23. The van der Waals surface area contributed by atoms with Gasteiger partial charge in [-0.15, -0.1) is 0 Å². The monoisotopic (exact) mass is 241 g/mol. The van der Waals surface area contributed by atoms with Crippen LogP contribution < -0.4 is 5.32 Å². The molecule has 2 amide bonds. The Hall–Kier alpha value is -2.36. The van der Waals surface area contributed by atoms with Gasteiger partial charge in [0.25, 0.3) is 5.91 Å². The maximum Gasteiger partial charge on any atom is 0.414 e. The number of alkyl carbamates (subject to hydrolysis) is 1. The van der Waals surface area contributed by atoms with Crippen LogP contribution in [-0.2, 0) is 16.0 Å². The Balaban J connectivity index is 1.95. The van der Waals surface area contributed by atoms with Gasteiger partial charge in [0.05, 0.1) is 0 Å². The average molecular weight is 241 g/mol. The molecule has 18 heavy (non-hydrogen) atoms. The molecular weight excluding hydrogens is 230 g/mol. The molecule has 90 valence electrons. The Morgan fingerprint density at radius 3 is 2.61 bits per heavy atom. The smallest absolute Gasteiger partial charge is 0.414 e. The van der Waals surface area contributed by atoms with Crippen molar-refractivity contribution in [2.24, 2.45) is 0 Å². The van der Waals surface area contributed by atoms with Crippen molar-refractivity contribution in [3.63, 3.8) is 0 Å². The normalized spacial score (nSPS) is 18.8. The van der Waals surface area contributed by atoms with Crippen LogP contribution in [0.5, 0.6) is 0 Å². The molecule has 1 heterocycles. The van der Waals surface area contributed by atoms with Gasteiger partial charge in [-0.1, -0.05) is 42.5 Å². The molecule has 1 aliphatic heterocycles. The first-order chi connectivity index (χ1) is 8.74. The van der Waals surface area contributed by atoms with E-state index in [-0.39, 0.29) is 5.91 Å². The minimum atomic E-state index is -0.719. The number of amides is 2. The van der Waals surface area contributed by atoms with Crippen molar-refractivity contribution in [1.82, 2.24) is 5.32 Å². The number of rotatable bonds is 2. The number of cyclic esters (lactones) is 1. The standard InChI is InChI=1S/C14H11NO3/c16-13-12(18-14(17)15-13)8-10-6-3-5-9-4-1-2-7-11(9)10/h1-7,12H,8H2,(H,15,16,17). The fourth-order valence-electron chi connectivity index (χ4n) is 2.20. The lowest BCUT2D eigenvalue weighted by Crippen LogP contribution is -2.25. The van der Waals surface area contributed by atoms with Crippen LogP contribution in [0.3, 0.4) is 0 Å². The summed E-state index contributed by atoms with van der Waals surface area (Å²) in [4.78, 5) is 22.4. The Kier molecular flexibility index (Phi) is 2.48. The van der Waals surface area contributed by atoms with Crippen LogP contribution in [0.1, 0.15) is 5.56 Å². The summed E-state index contributed by atoms with van der Waals surface area (Å²) in [5, 5.41) is 4.33. The molecule has 0 radical (unpaired) electrons. The van der Waals surface area contributed by atoms with Crippen LogP contribution in [0.4, 0.5) is 4.79 Å². The molecule has 4 heteroatoms. The molecule has 2 aromatic rings. The summed E-state index contributed by atoms with van der Waals surface area (Å²) in [7, 11) is 0. The minimum Gasteiger partial charge on any atom is -0.435 e. The summed E-state index contributed by atoms with van der Waals surface area (Å²) >= 11 is 0. The highest BCUT2D eigenvalue weighted by Gasteiger charge is 2.32. The first-order valence-corrected chi connectivity index (χ1v) is 5.72. The average Bonchev–Trinajstić information content (AvgIpc) is 2.68. The van der Waals surface area contributed by atoms with E-state index in [2.05, 4.69) is 5.32 Å². The molecule has 0 bridgehead atoms. The number of hydrogen-bond donors (Lipinski definition) is 1. The first-order valence-electron chi connectivity index (χ1n) is 5.72. The van der Waals surface area contributed by atoms with Gasteiger partial charge in [-0.2, -0.15) is 0 Å². The third-order valence-corrected chi connectivity index (χ3v) is 3.05. The molecule has 2 aromatic carbocycles. The van der Waals surface area contributed by atoms with Gasteiger partial charge in [-0.25, -0.2) is 4.79 Å². The van der Waals surface area contributed by atoms with Gasteiger partial charge in [0, 0.05) is 6.42 Å². The largest absolute Gasteiger partial charge is 0.435 e. The van der Waals surface area contributed by atoms with Gasteiger partial charge < -0.3 is 4.74 Å².